The van der Waals surface area contributed by atoms with Crippen LogP contribution in [0.1, 0.15) is 35.6 Å². The quantitative estimate of drug-likeness (QED) is 0.190. The van der Waals surface area contributed by atoms with Gasteiger partial charge in [0, 0.05) is 0 Å². The van der Waals surface area contributed by atoms with Crippen LogP contribution in [0.4, 0.5) is 30.7 Å². The molecule has 0 aromatic heterocycles. The fourth-order valence-corrected chi connectivity index (χ4v) is 4.40. The summed E-state index contributed by atoms with van der Waals surface area (Å²) in [6.07, 6.45) is -8.39. The molecule has 0 aliphatic carbocycles. The van der Waals surface area contributed by atoms with Gasteiger partial charge in [0.25, 0.3) is 0 Å². The van der Waals surface area contributed by atoms with E-state index in [0.29, 0.717) is 18.6 Å². The number of ether oxygens (including phenoxy) is 1. The Balaban J connectivity index is 1.40. The standard InChI is InChI=1S/C31H25F7O/c1-2-3-20-6-10-23(11-7-20)25-14-16-26(17-15-25)24-12-8-21(9-13-24)4-5-22-18-27(32)29(28(33)19-22)30(34,35)39-31(36,37)38/h6-19H,2-5H2,1H3. The van der Waals surface area contributed by atoms with Gasteiger partial charge in [-0.15, -0.1) is 13.2 Å². The van der Waals surface area contributed by atoms with Crippen molar-refractivity contribution in [2.45, 2.75) is 45.1 Å². The molecule has 204 valence electrons. The number of benzene rings is 4. The summed E-state index contributed by atoms with van der Waals surface area (Å²) in [7, 11) is 0. The van der Waals surface area contributed by atoms with E-state index in [1.165, 1.54) is 5.56 Å². The molecule has 8 heteroatoms. The van der Waals surface area contributed by atoms with Crippen LogP contribution >= 0.6 is 0 Å². The van der Waals surface area contributed by atoms with Gasteiger partial charge in [0.05, 0.1) is 0 Å². The number of aryl methyl sites for hydroxylation is 3. The Morgan fingerprint density at radius 1 is 0.538 bits per heavy atom. The molecule has 0 fully saturated rings. The zero-order valence-corrected chi connectivity index (χ0v) is 21.0. The molecule has 0 saturated carbocycles. The van der Waals surface area contributed by atoms with E-state index < -0.39 is 29.7 Å². The average Bonchev–Trinajstić information content (AvgIpc) is 2.87. The molecule has 0 radical (unpaired) electrons. The first-order valence-corrected chi connectivity index (χ1v) is 12.4. The van der Waals surface area contributed by atoms with Crippen molar-refractivity contribution in [3.05, 3.63) is 119 Å². The van der Waals surface area contributed by atoms with Crippen LogP contribution in [-0.2, 0) is 30.1 Å². The molecule has 0 saturated heterocycles. The summed E-state index contributed by atoms with van der Waals surface area (Å²) < 4.78 is 94.9. The Hall–Kier alpha value is -3.65. The van der Waals surface area contributed by atoms with Gasteiger partial charge in [0.2, 0.25) is 0 Å². The van der Waals surface area contributed by atoms with Crippen LogP contribution in [-0.4, -0.2) is 6.36 Å². The number of halogens is 7. The largest absolute Gasteiger partial charge is 0.527 e. The van der Waals surface area contributed by atoms with Gasteiger partial charge in [0.1, 0.15) is 17.2 Å². The van der Waals surface area contributed by atoms with E-state index in [2.05, 4.69) is 35.9 Å². The van der Waals surface area contributed by atoms with E-state index >= 15 is 0 Å². The lowest BCUT2D eigenvalue weighted by atomic mass is 9.97. The van der Waals surface area contributed by atoms with Crippen LogP contribution in [0.15, 0.2) is 84.9 Å². The van der Waals surface area contributed by atoms with Gasteiger partial charge >= 0.3 is 12.5 Å². The van der Waals surface area contributed by atoms with E-state index in [-0.39, 0.29) is 12.0 Å². The fraction of sp³-hybridized carbons (Fsp3) is 0.226. The third-order valence-electron chi connectivity index (χ3n) is 6.34. The van der Waals surface area contributed by atoms with Crippen LogP contribution in [0.25, 0.3) is 22.3 Å². The highest BCUT2D eigenvalue weighted by atomic mass is 19.4. The van der Waals surface area contributed by atoms with E-state index in [1.54, 1.807) is 0 Å². The highest BCUT2D eigenvalue weighted by Crippen LogP contribution is 2.39. The first-order chi connectivity index (χ1) is 18.4. The van der Waals surface area contributed by atoms with Crippen molar-refractivity contribution in [1.82, 2.24) is 0 Å². The third kappa shape index (κ3) is 7.26. The van der Waals surface area contributed by atoms with Crippen LogP contribution in [0.5, 0.6) is 0 Å². The van der Waals surface area contributed by atoms with Crippen molar-refractivity contribution < 1.29 is 35.5 Å². The zero-order chi connectivity index (χ0) is 28.2. The molecule has 4 rings (SSSR count). The SMILES string of the molecule is CCCc1ccc(-c2ccc(-c3ccc(CCc4cc(F)c(C(F)(F)OC(F)(F)F)c(F)c4)cc3)cc2)cc1. The third-order valence-corrected chi connectivity index (χ3v) is 6.34. The normalized spacial score (nSPS) is 12.1. The maximum Gasteiger partial charge on any atom is 0.527 e. The van der Waals surface area contributed by atoms with Crippen LogP contribution in [0.3, 0.4) is 0 Å². The lowest BCUT2D eigenvalue weighted by Crippen LogP contribution is -2.29. The van der Waals surface area contributed by atoms with E-state index in [4.69, 9.17) is 0 Å². The summed E-state index contributed by atoms with van der Waals surface area (Å²) in [6.45, 7) is 2.15. The minimum Gasteiger partial charge on any atom is -0.222 e. The number of alkyl halides is 5. The predicted molar refractivity (Wildman–Crippen MR) is 136 cm³/mol. The predicted octanol–water partition coefficient (Wildman–Crippen LogP) is 9.62. The number of hydrogen-bond acceptors (Lipinski definition) is 1. The molecule has 0 spiro atoms. The molecule has 0 heterocycles. The Morgan fingerprint density at radius 2 is 0.897 bits per heavy atom. The molecule has 0 aliphatic rings. The first-order valence-electron chi connectivity index (χ1n) is 12.4. The van der Waals surface area contributed by atoms with Crippen molar-refractivity contribution in [1.29, 1.82) is 0 Å². The van der Waals surface area contributed by atoms with Gasteiger partial charge in [-0.1, -0.05) is 86.1 Å². The number of rotatable bonds is 9. The molecule has 0 N–H and O–H groups in total. The van der Waals surface area contributed by atoms with Gasteiger partial charge in [0.15, 0.2) is 0 Å². The summed E-state index contributed by atoms with van der Waals surface area (Å²) in [4.78, 5) is 0. The molecule has 0 aliphatic heterocycles. The lowest BCUT2D eigenvalue weighted by molar-refractivity contribution is -0.432. The second kappa shape index (κ2) is 11.6. The molecule has 0 unspecified atom stereocenters. The maximum atomic E-state index is 14.2. The van der Waals surface area contributed by atoms with Crippen molar-refractivity contribution in [2.24, 2.45) is 0 Å². The van der Waals surface area contributed by atoms with Crippen molar-refractivity contribution in [3.63, 3.8) is 0 Å². The van der Waals surface area contributed by atoms with Gasteiger partial charge in [-0.3, -0.25) is 0 Å². The van der Waals surface area contributed by atoms with Crippen molar-refractivity contribution in [3.8, 4) is 22.3 Å². The summed E-state index contributed by atoms with van der Waals surface area (Å²) in [5, 5.41) is 0. The Bertz CT molecular complexity index is 1370. The molecular weight excluding hydrogens is 521 g/mol. The van der Waals surface area contributed by atoms with E-state index in [1.807, 2.05) is 48.5 Å². The van der Waals surface area contributed by atoms with Crippen LogP contribution < -0.4 is 0 Å². The smallest absolute Gasteiger partial charge is 0.222 e. The number of hydrogen-bond donors (Lipinski definition) is 0. The van der Waals surface area contributed by atoms with Crippen LogP contribution in [0.2, 0.25) is 0 Å². The molecule has 0 bridgehead atoms. The Morgan fingerprint density at radius 3 is 1.28 bits per heavy atom. The average molecular weight is 547 g/mol. The second-order valence-electron chi connectivity index (χ2n) is 9.22. The summed E-state index contributed by atoms with van der Waals surface area (Å²) >= 11 is 0. The molecule has 0 amide bonds. The first kappa shape index (κ1) is 28.4. The van der Waals surface area contributed by atoms with Gasteiger partial charge < -0.3 is 0 Å². The molecule has 0 atom stereocenters. The van der Waals surface area contributed by atoms with Crippen molar-refractivity contribution >= 4 is 0 Å². The summed E-state index contributed by atoms with van der Waals surface area (Å²) in [5.74, 6) is -3.62. The molecular formula is C31H25F7O. The monoisotopic (exact) mass is 546 g/mol. The molecule has 39 heavy (non-hydrogen) atoms. The Kier molecular flexibility index (Phi) is 8.45. The topological polar surface area (TPSA) is 9.23 Å². The summed E-state index contributed by atoms with van der Waals surface area (Å²) in [6, 6.07) is 25.4. The highest BCUT2D eigenvalue weighted by molar-refractivity contribution is 5.70. The van der Waals surface area contributed by atoms with E-state index in [0.717, 1.165) is 40.7 Å². The highest BCUT2D eigenvalue weighted by Gasteiger charge is 2.49. The maximum absolute atomic E-state index is 14.2. The second-order valence-corrected chi connectivity index (χ2v) is 9.22. The van der Waals surface area contributed by atoms with Crippen LogP contribution in [0, 0.1) is 11.6 Å². The van der Waals surface area contributed by atoms with Gasteiger partial charge in [-0.2, -0.15) is 8.78 Å². The van der Waals surface area contributed by atoms with Gasteiger partial charge in [-0.25, -0.2) is 13.5 Å². The lowest BCUT2D eigenvalue weighted by Gasteiger charge is -2.20. The zero-order valence-electron chi connectivity index (χ0n) is 21.0. The Labute approximate surface area is 221 Å². The molecule has 4 aromatic rings. The fourth-order valence-electron chi connectivity index (χ4n) is 4.40. The van der Waals surface area contributed by atoms with Gasteiger partial charge in [-0.05, 0) is 70.3 Å². The minimum atomic E-state index is -5.77. The van der Waals surface area contributed by atoms with Crippen molar-refractivity contribution in [2.75, 3.05) is 0 Å². The minimum absolute atomic E-state index is 0.0268. The molecule has 4 aromatic carbocycles. The van der Waals surface area contributed by atoms with E-state index in [9.17, 15) is 30.7 Å². The summed E-state index contributed by atoms with van der Waals surface area (Å²) in [5.41, 5.74) is 4.30. The molecule has 1 nitrogen and oxygen atoms in total.